The predicted octanol–water partition coefficient (Wildman–Crippen LogP) is 5.64. The van der Waals surface area contributed by atoms with Crippen LogP contribution < -0.4 is 10.2 Å². The number of anilines is 1. The van der Waals surface area contributed by atoms with Crippen LogP contribution in [0.4, 0.5) is 5.69 Å². The van der Waals surface area contributed by atoms with Crippen molar-refractivity contribution in [1.82, 2.24) is 15.1 Å². The van der Waals surface area contributed by atoms with Gasteiger partial charge in [-0.2, -0.15) is 5.10 Å². The first-order valence-electron chi connectivity index (χ1n) is 11.6. The molecule has 8 heteroatoms. The van der Waals surface area contributed by atoms with Crippen LogP contribution in [0.3, 0.4) is 0 Å². The van der Waals surface area contributed by atoms with Crippen molar-refractivity contribution in [3.63, 3.8) is 0 Å². The van der Waals surface area contributed by atoms with Gasteiger partial charge in [0.2, 0.25) is 11.8 Å². The summed E-state index contributed by atoms with van der Waals surface area (Å²) in [6.07, 6.45) is 0. The molecule has 5 rings (SSSR count). The number of amides is 2. The molecule has 0 saturated carbocycles. The van der Waals surface area contributed by atoms with Crippen LogP contribution in [0.25, 0.3) is 5.69 Å². The Morgan fingerprint density at radius 2 is 1.72 bits per heavy atom. The third-order valence-electron chi connectivity index (χ3n) is 6.14. The summed E-state index contributed by atoms with van der Waals surface area (Å²) in [7, 11) is 0. The van der Waals surface area contributed by atoms with E-state index < -0.39 is 6.04 Å². The van der Waals surface area contributed by atoms with Crippen molar-refractivity contribution in [3.05, 3.63) is 106 Å². The van der Waals surface area contributed by atoms with Gasteiger partial charge in [-0.1, -0.05) is 83.5 Å². The summed E-state index contributed by atoms with van der Waals surface area (Å²) < 4.78 is 1.82. The monoisotopic (exact) mass is 516 g/mol. The first kappa shape index (κ1) is 24.2. The number of carbonyl (C=O) groups excluding carboxylic acids is 2. The summed E-state index contributed by atoms with van der Waals surface area (Å²) in [6.45, 7) is 4.24. The molecule has 0 bridgehead atoms. The van der Waals surface area contributed by atoms with Gasteiger partial charge < -0.3 is 5.32 Å². The molecule has 1 aromatic heterocycles. The Hall–Kier alpha value is -3.55. The van der Waals surface area contributed by atoms with E-state index in [9.17, 15) is 9.59 Å². The number of hydrogen-bond acceptors (Lipinski definition) is 4. The minimum Gasteiger partial charge on any atom is -0.350 e. The van der Waals surface area contributed by atoms with Gasteiger partial charge in [0.05, 0.1) is 27.8 Å². The van der Waals surface area contributed by atoms with Crippen LogP contribution in [0.1, 0.15) is 28.4 Å². The number of nitrogens with one attached hydrogen (secondary N) is 1. The highest BCUT2D eigenvalue weighted by Crippen LogP contribution is 2.42. The number of aromatic nitrogens is 2. The molecule has 1 atom stereocenters. The number of aryl methyl sites for hydroxylation is 2. The number of fused-ring (bicyclic) bond motifs is 1. The van der Waals surface area contributed by atoms with Gasteiger partial charge in [-0.15, -0.1) is 0 Å². The quantitative estimate of drug-likeness (QED) is 0.373. The molecular formula is C28H25ClN4O2S. The Bertz CT molecular complexity index is 1420. The van der Waals surface area contributed by atoms with Crippen molar-refractivity contribution in [2.45, 2.75) is 31.5 Å². The number of benzene rings is 3. The molecule has 0 saturated heterocycles. The molecule has 3 aromatic carbocycles. The fourth-order valence-electron chi connectivity index (χ4n) is 4.35. The Labute approximate surface area is 219 Å². The van der Waals surface area contributed by atoms with E-state index in [-0.39, 0.29) is 17.6 Å². The normalized spacial score (nSPS) is 15.4. The molecule has 0 fully saturated rings. The lowest BCUT2D eigenvalue weighted by molar-refractivity contribution is -0.126. The minimum atomic E-state index is -0.926. The van der Waals surface area contributed by atoms with Gasteiger partial charge in [0, 0.05) is 12.1 Å². The molecule has 0 aliphatic carbocycles. The van der Waals surface area contributed by atoms with E-state index in [1.807, 2.05) is 79.2 Å². The zero-order chi connectivity index (χ0) is 25.2. The van der Waals surface area contributed by atoms with E-state index in [1.54, 1.807) is 18.2 Å². The number of halogens is 1. The van der Waals surface area contributed by atoms with E-state index in [2.05, 4.69) is 5.32 Å². The van der Waals surface area contributed by atoms with E-state index in [0.29, 0.717) is 28.5 Å². The average Bonchev–Trinajstić information content (AvgIpc) is 3.13. The van der Waals surface area contributed by atoms with Crippen molar-refractivity contribution < 1.29 is 9.59 Å². The topological polar surface area (TPSA) is 67.2 Å². The van der Waals surface area contributed by atoms with Crippen LogP contribution >= 0.6 is 23.4 Å². The lowest BCUT2D eigenvalue weighted by atomic mass is 10.0. The Morgan fingerprint density at radius 1 is 1.03 bits per heavy atom. The zero-order valence-corrected chi connectivity index (χ0v) is 21.5. The third-order valence-corrected chi connectivity index (χ3v) is 7.52. The second-order valence-corrected chi connectivity index (χ2v) is 10.0. The summed E-state index contributed by atoms with van der Waals surface area (Å²) in [5.41, 5.74) is 4.88. The van der Waals surface area contributed by atoms with Crippen LogP contribution in [0.15, 0.2) is 83.9 Å². The Morgan fingerprint density at radius 3 is 2.44 bits per heavy atom. The average molecular weight is 517 g/mol. The fourth-order valence-corrected chi connectivity index (χ4v) is 5.66. The molecule has 4 aromatic rings. The molecule has 2 heterocycles. The van der Waals surface area contributed by atoms with Gasteiger partial charge in [0.25, 0.3) is 0 Å². The van der Waals surface area contributed by atoms with Crippen LogP contribution in [-0.2, 0) is 16.1 Å². The molecule has 1 aliphatic rings. The maximum atomic E-state index is 13.9. The third kappa shape index (κ3) is 4.64. The molecule has 1 aliphatic heterocycles. The zero-order valence-electron chi connectivity index (χ0n) is 19.9. The van der Waals surface area contributed by atoms with Gasteiger partial charge in [-0.05, 0) is 43.7 Å². The maximum absolute atomic E-state index is 13.9. The fraction of sp³-hybridized carbons (Fsp3) is 0.179. The summed E-state index contributed by atoms with van der Waals surface area (Å²) >= 11 is 7.94. The lowest BCUT2D eigenvalue weighted by Gasteiger charge is -2.30. The van der Waals surface area contributed by atoms with E-state index in [1.165, 1.54) is 16.7 Å². The highest BCUT2D eigenvalue weighted by atomic mass is 35.5. The van der Waals surface area contributed by atoms with Crippen LogP contribution in [0.5, 0.6) is 0 Å². The first-order chi connectivity index (χ1) is 17.4. The number of carbonyl (C=O) groups is 2. The number of para-hydroxylation sites is 2. The maximum Gasteiger partial charge on any atom is 0.248 e. The van der Waals surface area contributed by atoms with E-state index >= 15 is 0 Å². The van der Waals surface area contributed by atoms with Crippen molar-refractivity contribution in [1.29, 1.82) is 0 Å². The molecule has 0 radical (unpaired) electrons. The van der Waals surface area contributed by atoms with Gasteiger partial charge in [-0.3, -0.25) is 14.5 Å². The predicted molar refractivity (Wildman–Crippen MR) is 144 cm³/mol. The second-order valence-electron chi connectivity index (χ2n) is 8.66. The largest absolute Gasteiger partial charge is 0.350 e. The SMILES string of the molecule is Cc1ccc(CNC(=O)[C@@H]2c3c(C)nn(-c4ccccc4)c3SCC(=O)N2c2ccccc2Cl)cc1. The molecule has 182 valence electrons. The van der Waals surface area contributed by atoms with E-state index in [4.69, 9.17) is 16.7 Å². The van der Waals surface area contributed by atoms with Gasteiger partial charge in [0.1, 0.15) is 11.1 Å². The molecule has 0 unspecified atom stereocenters. The smallest absolute Gasteiger partial charge is 0.248 e. The summed E-state index contributed by atoms with van der Waals surface area (Å²) in [5.74, 6) is -0.333. The number of nitrogens with zero attached hydrogens (tertiary/aromatic N) is 3. The highest BCUT2D eigenvalue weighted by Gasteiger charge is 2.41. The van der Waals surface area contributed by atoms with Crippen LogP contribution in [0.2, 0.25) is 5.02 Å². The van der Waals surface area contributed by atoms with Gasteiger partial charge in [0.15, 0.2) is 0 Å². The summed E-state index contributed by atoms with van der Waals surface area (Å²) in [4.78, 5) is 29.0. The van der Waals surface area contributed by atoms with Gasteiger partial charge >= 0.3 is 0 Å². The Balaban J connectivity index is 1.62. The minimum absolute atomic E-state index is 0.151. The standard InChI is InChI=1S/C28H25ClN4O2S/c1-18-12-14-20(15-13-18)16-30-27(35)26-25-19(2)31-33(21-8-4-3-5-9-21)28(25)36-17-24(34)32(26)23-11-7-6-10-22(23)29/h3-15,26H,16-17H2,1-2H3,(H,30,35)/t26-/m0/s1. The first-order valence-corrected chi connectivity index (χ1v) is 13.0. The summed E-state index contributed by atoms with van der Waals surface area (Å²) in [5, 5.41) is 9.02. The number of hydrogen-bond donors (Lipinski definition) is 1. The van der Waals surface area contributed by atoms with Crippen molar-refractivity contribution in [2.75, 3.05) is 10.7 Å². The van der Waals surface area contributed by atoms with Crippen LogP contribution in [-0.4, -0.2) is 27.3 Å². The lowest BCUT2D eigenvalue weighted by Crippen LogP contribution is -2.44. The Kier molecular flexibility index (Phi) is 6.85. The molecule has 0 spiro atoms. The van der Waals surface area contributed by atoms with Crippen LogP contribution in [0, 0.1) is 13.8 Å². The molecule has 36 heavy (non-hydrogen) atoms. The number of rotatable bonds is 5. The molecular weight excluding hydrogens is 492 g/mol. The van der Waals surface area contributed by atoms with E-state index in [0.717, 1.165) is 21.8 Å². The molecule has 1 N–H and O–H groups in total. The van der Waals surface area contributed by atoms with Crippen molar-refractivity contribution in [3.8, 4) is 5.69 Å². The van der Waals surface area contributed by atoms with Gasteiger partial charge in [-0.25, -0.2) is 4.68 Å². The van der Waals surface area contributed by atoms with Crippen molar-refractivity contribution in [2.24, 2.45) is 0 Å². The molecule has 2 amide bonds. The second kappa shape index (κ2) is 10.2. The highest BCUT2D eigenvalue weighted by molar-refractivity contribution is 8.00. The summed E-state index contributed by atoms with van der Waals surface area (Å²) in [6, 6.07) is 23.9. The number of thioether (sulfide) groups is 1. The van der Waals surface area contributed by atoms with Crippen molar-refractivity contribution >= 4 is 40.9 Å². The molecule has 6 nitrogen and oxygen atoms in total.